The highest BCUT2D eigenvalue weighted by atomic mass is 16.5. The topological polar surface area (TPSA) is 32.8 Å². The van der Waals surface area contributed by atoms with Gasteiger partial charge in [-0.15, -0.1) is 0 Å². The van der Waals surface area contributed by atoms with Crippen molar-refractivity contribution in [2.24, 2.45) is 5.92 Å². The van der Waals surface area contributed by atoms with Crippen molar-refractivity contribution < 1.29 is 9.53 Å². The van der Waals surface area contributed by atoms with Gasteiger partial charge < -0.3 is 14.5 Å². The first-order valence-corrected chi connectivity index (χ1v) is 9.17. The second kappa shape index (κ2) is 7.18. The lowest BCUT2D eigenvalue weighted by Gasteiger charge is -2.39. The molecule has 25 heavy (non-hydrogen) atoms. The zero-order chi connectivity index (χ0) is 17.1. The first kappa shape index (κ1) is 16.0. The molecule has 4 nitrogen and oxygen atoms in total. The van der Waals surface area contributed by atoms with E-state index in [9.17, 15) is 4.79 Å². The van der Waals surface area contributed by atoms with E-state index in [0.29, 0.717) is 11.8 Å². The summed E-state index contributed by atoms with van der Waals surface area (Å²) in [6.07, 6.45) is 3.36. The number of rotatable bonds is 4. The quantitative estimate of drug-likeness (QED) is 0.848. The molecule has 4 heteroatoms. The largest absolute Gasteiger partial charge is 0.455 e. The Balaban J connectivity index is 1.43. The second-order valence-corrected chi connectivity index (χ2v) is 6.82. The normalized spacial score (nSPS) is 17.9. The van der Waals surface area contributed by atoms with Crippen LogP contribution in [0.4, 0.5) is 5.69 Å². The standard InChI is InChI=1S/C21H24N2O2/c24-21(17-7-6-8-17)23-15-13-22(14-16-23)19-11-4-5-12-20(19)25-18-9-2-1-3-10-18/h1-5,9-12,17H,6-8,13-16H2. The number of hydrogen-bond donors (Lipinski definition) is 0. The first-order valence-electron chi connectivity index (χ1n) is 9.17. The van der Waals surface area contributed by atoms with E-state index in [4.69, 9.17) is 4.74 Å². The van der Waals surface area contributed by atoms with Gasteiger partial charge >= 0.3 is 0 Å². The van der Waals surface area contributed by atoms with Gasteiger partial charge in [0.2, 0.25) is 5.91 Å². The number of anilines is 1. The van der Waals surface area contributed by atoms with Gasteiger partial charge in [0.05, 0.1) is 5.69 Å². The Morgan fingerprint density at radius 2 is 1.56 bits per heavy atom. The van der Waals surface area contributed by atoms with Crippen molar-refractivity contribution in [3.8, 4) is 11.5 Å². The van der Waals surface area contributed by atoms with Gasteiger partial charge in [0.15, 0.2) is 5.75 Å². The molecule has 130 valence electrons. The van der Waals surface area contributed by atoms with E-state index in [-0.39, 0.29) is 0 Å². The van der Waals surface area contributed by atoms with Gasteiger partial charge in [0.25, 0.3) is 0 Å². The number of benzene rings is 2. The molecule has 0 aromatic heterocycles. The zero-order valence-electron chi connectivity index (χ0n) is 14.4. The van der Waals surface area contributed by atoms with Crippen molar-refractivity contribution in [2.45, 2.75) is 19.3 Å². The summed E-state index contributed by atoms with van der Waals surface area (Å²) in [7, 11) is 0. The number of nitrogens with zero attached hydrogens (tertiary/aromatic N) is 2. The van der Waals surface area contributed by atoms with Crippen molar-refractivity contribution in [1.29, 1.82) is 0 Å². The van der Waals surface area contributed by atoms with Gasteiger partial charge in [-0.25, -0.2) is 0 Å². The molecule has 0 atom stereocenters. The molecular formula is C21H24N2O2. The van der Waals surface area contributed by atoms with Gasteiger partial charge in [0, 0.05) is 32.1 Å². The predicted octanol–water partition coefficient (Wildman–Crippen LogP) is 3.93. The van der Waals surface area contributed by atoms with Gasteiger partial charge in [-0.1, -0.05) is 36.8 Å². The maximum atomic E-state index is 12.4. The highest BCUT2D eigenvalue weighted by Gasteiger charge is 2.31. The third-order valence-electron chi connectivity index (χ3n) is 5.22. The number of amides is 1. The van der Waals surface area contributed by atoms with E-state index in [1.54, 1.807) is 0 Å². The molecule has 1 aliphatic carbocycles. The fourth-order valence-corrected chi connectivity index (χ4v) is 3.50. The third-order valence-corrected chi connectivity index (χ3v) is 5.22. The maximum absolute atomic E-state index is 12.4. The lowest BCUT2D eigenvalue weighted by atomic mass is 9.84. The average molecular weight is 336 g/mol. The molecule has 2 aromatic carbocycles. The van der Waals surface area contributed by atoms with Crippen LogP contribution in [0.5, 0.6) is 11.5 Å². The molecule has 0 unspecified atom stereocenters. The minimum absolute atomic E-state index is 0.292. The van der Waals surface area contributed by atoms with Gasteiger partial charge in [-0.05, 0) is 37.1 Å². The van der Waals surface area contributed by atoms with Gasteiger partial charge in [0.1, 0.15) is 5.75 Å². The van der Waals surface area contributed by atoms with Gasteiger partial charge in [-0.3, -0.25) is 4.79 Å². The second-order valence-electron chi connectivity index (χ2n) is 6.82. The fraction of sp³-hybridized carbons (Fsp3) is 0.381. The van der Waals surface area contributed by atoms with Crippen molar-refractivity contribution in [3.63, 3.8) is 0 Å². The van der Waals surface area contributed by atoms with Crippen LogP contribution in [0.15, 0.2) is 54.6 Å². The molecule has 0 radical (unpaired) electrons. The summed E-state index contributed by atoms with van der Waals surface area (Å²) < 4.78 is 6.08. The Hall–Kier alpha value is -2.49. The van der Waals surface area contributed by atoms with E-state index in [1.807, 2.05) is 53.4 Å². The lowest BCUT2D eigenvalue weighted by Crippen LogP contribution is -2.51. The van der Waals surface area contributed by atoms with E-state index >= 15 is 0 Å². The smallest absolute Gasteiger partial charge is 0.225 e. The van der Waals surface area contributed by atoms with Crippen molar-refractivity contribution in [2.75, 3.05) is 31.1 Å². The number of hydrogen-bond acceptors (Lipinski definition) is 3. The Labute approximate surface area is 149 Å². The van der Waals surface area contributed by atoms with Crippen LogP contribution < -0.4 is 9.64 Å². The lowest BCUT2D eigenvalue weighted by molar-refractivity contribution is -0.138. The zero-order valence-corrected chi connectivity index (χ0v) is 14.4. The number of piperazine rings is 1. The summed E-state index contributed by atoms with van der Waals surface area (Å²) in [6.45, 7) is 3.31. The number of carbonyl (C=O) groups is 1. The van der Waals surface area contributed by atoms with Crippen LogP contribution in [0, 0.1) is 5.92 Å². The molecule has 0 spiro atoms. The van der Waals surface area contributed by atoms with E-state index in [0.717, 1.165) is 56.2 Å². The molecule has 0 bridgehead atoms. The molecule has 2 aliphatic rings. The Bertz CT molecular complexity index is 720. The minimum Gasteiger partial charge on any atom is -0.455 e. The van der Waals surface area contributed by atoms with Gasteiger partial charge in [-0.2, -0.15) is 0 Å². The van der Waals surface area contributed by atoms with Crippen LogP contribution in [0.1, 0.15) is 19.3 Å². The molecule has 0 N–H and O–H groups in total. The fourth-order valence-electron chi connectivity index (χ4n) is 3.50. The minimum atomic E-state index is 0.292. The molecule has 2 aromatic rings. The number of para-hydroxylation sites is 3. The van der Waals surface area contributed by atoms with Crippen molar-refractivity contribution in [3.05, 3.63) is 54.6 Å². The van der Waals surface area contributed by atoms with Crippen LogP contribution in [-0.2, 0) is 4.79 Å². The van der Waals surface area contributed by atoms with Crippen LogP contribution in [0.25, 0.3) is 0 Å². The van der Waals surface area contributed by atoms with Crippen molar-refractivity contribution in [1.82, 2.24) is 4.90 Å². The summed E-state index contributed by atoms with van der Waals surface area (Å²) in [5.41, 5.74) is 1.10. The van der Waals surface area contributed by atoms with E-state index < -0.39 is 0 Å². The van der Waals surface area contributed by atoms with E-state index in [2.05, 4.69) is 11.0 Å². The Morgan fingerprint density at radius 3 is 2.24 bits per heavy atom. The highest BCUT2D eigenvalue weighted by molar-refractivity contribution is 5.80. The third kappa shape index (κ3) is 3.48. The molecule has 1 aliphatic heterocycles. The monoisotopic (exact) mass is 336 g/mol. The first-order chi connectivity index (χ1) is 12.3. The van der Waals surface area contributed by atoms with Crippen LogP contribution in [0.3, 0.4) is 0 Å². The molecule has 1 heterocycles. The number of carbonyl (C=O) groups excluding carboxylic acids is 1. The van der Waals surface area contributed by atoms with Crippen LogP contribution in [-0.4, -0.2) is 37.0 Å². The molecular weight excluding hydrogens is 312 g/mol. The maximum Gasteiger partial charge on any atom is 0.225 e. The molecule has 2 fully saturated rings. The summed E-state index contributed by atoms with van der Waals surface area (Å²) in [6, 6.07) is 18.0. The molecule has 1 amide bonds. The van der Waals surface area contributed by atoms with Crippen molar-refractivity contribution >= 4 is 11.6 Å². The summed E-state index contributed by atoms with van der Waals surface area (Å²) in [4.78, 5) is 16.8. The summed E-state index contributed by atoms with van der Waals surface area (Å²) in [5.74, 6) is 2.36. The Morgan fingerprint density at radius 1 is 0.880 bits per heavy atom. The predicted molar refractivity (Wildman–Crippen MR) is 99.1 cm³/mol. The highest BCUT2D eigenvalue weighted by Crippen LogP contribution is 2.33. The SMILES string of the molecule is O=C(C1CCC1)N1CCN(c2ccccc2Oc2ccccc2)CC1. The molecule has 1 saturated carbocycles. The Kier molecular flexibility index (Phi) is 4.59. The average Bonchev–Trinajstić information content (AvgIpc) is 2.62. The molecule has 4 rings (SSSR count). The summed E-state index contributed by atoms with van der Waals surface area (Å²) in [5, 5.41) is 0. The van der Waals surface area contributed by atoms with Crippen LogP contribution in [0.2, 0.25) is 0 Å². The number of ether oxygens (including phenoxy) is 1. The van der Waals surface area contributed by atoms with Crippen LogP contribution >= 0.6 is 0 Å². The summed E-state index contributed by atoms with van der Waals surface area (Å²) >= 11 is 0. The molecule has 1 saturated heterocycles. The van der Waals surface area contributed by atoms with E-state index in [1.165, 1.54) is 6.42 Å².